The Morgan fingerprint density at radius 3 is 2.25 bits per heavy atom. The minimum Gasteiger partial charge on any atom is -0.307 e. The van der Waals surface area contributed by atoms with E-state index in [2.05, 4.69) is 61.3 Å². The van der Waals surface area contributed by atoms with E-state index in [4.69, 9.17) is 0 Å². The van der Waals surface area contributed by atoms with Crippen LogP contribution < -0.4 is 5.32 Å². The molecule has 5 bridgehead atoms. The van der Waals surface area contributed by atoms with E-state index in [9.17, 15) is 0 Å². The first-order chi connectivity index (χ1) is 11.5. The van der Waals surface area contributed by atoms with Crippen LogP contribution in [0.2, 0.25) is 0 Å². The highest BCUT2D eigenvalue weighted by Crippen LogP contribution is 2.76. The molecule has 1 aliphatic heterocycles. The lowest BCUT2D eigenvalue weighted by Gasteiger charge is -2.52. The number of halogens is 1. The smallest absolute Gasteiger partial charge is 0.0283 e. The van der Waals surface area contributed by atoms with Crippen molar-refractivity contribution in [3.05, 3.63) is 12.7 Å². The second-order valence-electron chi connectivity index (χ2n) is 10.5. The van der Waals surface area contributed by atoms with Crippen molar-refractivity contribution in [2.45, 2.75) is 49.6 Å². The van der Waals surface area contributed by atoms with E-state index in [1.54, 1.807) is 12.8 Å². The van der Waals surface area contributed by atoms with Gasteiger partial charge in [-0.05, 0) is 90.8 Å². The maximum absolute atomic E-state index is 4.25. The molecule has 6 fully saturated rings. The molecule has 132 valence electrons. The van der Waals surface area contributed by atoms with Crippen LogP contribution in [0.3, 0.4) is 0 Å². The molecule has 6 rings (SSSR count). The summed E-state index contributed by atoms with van der Waals surface area (Å²) in [6.07, 6.45) is 5.40. The highest BCUT2D eigenvalue weighted by molar-refractivity contribution is 14.1. The number of rotatable bonds is 1. The van der Waals surface area contributed by atoms with E-state index < -0.39 is 0 Å². The summed E-state index contributed by atoms with van der Waals surface area (Å²) in [6, 6.07) is 1.30. The third kappa shape index (κ3) is 1.52. The lowest BCUT2D eigenvalue weighted by atomic mass is 9.56. The van der Waals surface area contributed by atoms with Crippen LogP contribution in [0.4, 0.5) is 0 Å². The number of hydrogen-bond acceptors (Lipinski definition) is 1. The molecule has 0 radical (unpaired) electrons. The molecule has 2 heteroatoms. The van der Waals surface area contributed by atoms with Crippen LogP contribution >= 0.6 is 22.6 Å². The molecule has 0 aromatic rings. The largest absolute Gasteiger partial charge is 0.307 e. The summed E-state index contributed by atoms with van der Waals surface area (Å²) in [7, 11) is 0. The molecular weight excluding hydrogens is 405 g/mol. The van der Waals surface area contributed by atoms with Crippen molar-refractivity contribution in [2.24, 2.45) is 71.0 Å². The molecular formula is C22H32IN. The van der Waals surface area contributed by atoms with Gasteiger partial charge in [0.1, 0.15) is 0 Å². The summed E-state index contributed by atoms with van der Waals surface area (Å²) in [5.41, 5.74) is 0. The van der Waals surface area contributed by atoms with Crippen molar-refractivity contribution in [1.29, 1.82) is 0 Å². The van der Waals surface area contributed by atoms with E-state index in [-0.39, 0.29) is 0 Å². The third-order valence-electron chi connectivity index (χ3n) is 10.3. The SMILES string of the molecule is C=CC1NC(C)C2CC3C4C([C@H]5C[C@@H]2[C@@H]3C15)[C@H](C)[C@@H]1[C@H]4C(I)[C@H]1C. The van der Waals surface area contributed by atoms with Gasteiger partial charge < -0.3 is 5.32 Å². The Morgan fingerprint density at radius 2 is 1.50 bits per heavy atom. The van der Waals surface area contributed by atoms with Crippen molar-refractivity contribution >= 4 is 22.6 Å². The van der Waals surface area contributed by atoms with Crippen LogP contribution in [-0.4, -0.2) is 16.0 Å². The fourth-order valence-electron chi connectivity index (χ4n) is 9.97. The fourth-order valence-corrected chi connectivity index (χ4v) is 11.4. The molecule has 1 heterocycles. The molecule has 6 aliphatic rings. The number of fused-ring (bicyclic) bond motifs is 5. The highest BCUT2D eigenvalue weighted by Gasteiger charge is 2.73. The van der Waals surface area contributed by atoms with Gasteiger partial charge in [-0.25, -0.2) is 0 Å². The fraction of sp³-hybridized carbons (Fsp3) is 0.909. The predicted molar refractivity (Wildman–Crippen MR) is 107 cm³/mol. The van der Waals surface area contributed by atoms with Crippen LogP contribution in [0.1, 0.15) is 33.6 Å². The summed E-state index contributed by atoms with van der Waals surface area (Å²) in [4.78, 5) is 0. The first kappa shape index (κ1) is 15.5. The first-order valence-electron chi connectivity index (χ1n) is 10.6. The molecule has 5 aliphatic carbocycles. The third-order valence-corrected chi connectivity index (χ3v) is 12.3. The second kappa shape index (κ2) is 4.82. The van der Waals surface area contributed by atoms with Crippen molar-refractivity contribution < 1.29 is 0 Å². The molecule has 24 heavy (non-hydrogen) atoms. The summed E-state index contributed by atoms with van der Waals surface area (Å²) >= 11 is 2.83. The Kier molecular flexibility index (Phi) is 3.11. The normalized spacial score (nSPS) is 71.4. The summed E-state index contributed by atoms with van der Waals surface area (Å²) in [5.74, 6) is 12.2. The minimum atomic E-state index is 0.590. The van der Waals surface area contributed by atoms with Gasteiger partial charge >= 0.3 is 0 Å². The molecule has 1 nitrogen and oxygen atoms in total. The molecule has 1 N–H and O–H groups in total. The number of hydrogen-bond donors (Lipinski definition) is 1. The topological polar surface area (TPSA) is 12.0 Å². The quantitative estimate of drug-likeness (QED) is 0.359. The summed E-state index contributed by atoms with van der Waals surface area (Å²) < 4.78 is 0.965. The van der Waals surface area contributed by atoms with E-state index in [1.807, 2.05) is 0 Å². The maximum atomic E-state index is 4.25. The van der Waals surface area contributed by atoms with Gasteiger partial charge in [0.15, 0.2) is 0 Å². The zero-order valence-electron chi connectivity index (χ0n) is 15.2. The van der Waals surface area contributed by atoms with Gasteiger partial charge in [-0.3, -0.25) is 0 Å². The lowest BCUT2D eigenvalue weighted by molar-refractivity contribution is -0.00878. The van der Waals surface area contributed by atoms with Crippen molar-refractivity contribution in [3.8, 4) is 0 Å². The lowest BCUT2D eigenvalue weighted by Crippen LogP contribution is -2.54. The standard InChI is InChI=1S/C22H32IN/c1-5-15-19-13-7-12-11(10(4)24-15)6-14(18(12)19)20-17(13)8(2)16-9(3)22(23)21(16)20/h5,8-22,24H,1,6-7H2,2-4H3/t8-,9+,10?,11?,12+,13-,14?,15?,16+,17?,18+,19?,20?,21-,22?/m1/s1. The average Bonchev–Trinajstić information content (AvgIpc) is 3.12. The van der Waals surface area contributed by atoms with Crippen molar-refractivity contribution in [1.82, 2.24) is 5.32 Å². The van der Waals surface area contributed by atoms with Crippen LogP contribution in [0, 0.1) is 71.0 Å². The van der Waals surface area contributed by atoms with Crippen molar-refractivity contribution in [3.63, 3.8) is 0 Å². The Morgan fingerprint density at radius 1 is 0.792 bits per heavy atom. The molecule has 15 atom stereocenters. The number of alkyl halides is 1. The Bertz CT molecular complexity index is 589. The minimum absolute atomic E-state index is 0.590. The van der Waals surface area contributed by atoms with E-state index in [0.717, 1.165) is 74.9 Å². The Labute approximate surface area is 160 Å². The van der Waals surface area contributed by atoms with Gasteiger partial charge in [0.25, 0.3) is 0 Å². The monoisotopic (exact) mass is 437 g/mol. The van der Waals surface area contributed by atoms with Crippen LogP contribution in [0.15, 0.2) is 12.7 Å². The number of nitrogens with one attached hydrogen (secondary N) is 1. The van der Waals surface area contributed by atoms with E-state index in [0.29, 0.717) is 12.1 Å². The van der Waals surface area contributed by atoms with Gasteiger partial charge in [-0.15, -0.1) is 6.58 Å². The molecule has 8 unspecified atom stereocenters. The Hall–Kier alpha value is 0.430. The van der Waals surface area contributed by atoms with Crippen LogP contribution in [0.5, 0.6) is 0 Å². The van der Waals surface area contributed by atoms with Gasteiger partial charge in [-0.2, -0.15) is 0 Å². The first-order valence-corrected chi connectivity index (χ1v) is 11.8. The molecule has 0 amide bonds. The maximum Gasteiger partial charge on any atom is 0.0283 e. The van der Waals surface area contributed by atoms with Crippen molar-refractivity contribution in [2.75, 3.05) is 0 Å². The van der Waals surface area contributed by atoms with Crippen LogP contribution in [-0.2, 0) is 0 Å². The highest BCUT2D eigenvalue weighted by atomic mass is 127. The van der Waals surface area contributed by atoms with Gasteiger partial charge in [0, 0.05) is 16.0 Å². The van der Waals surface area contributed by atoms with Gasteiger partial charge in [-0.1, -0.05) is 42.5 Å². The molecule has 1 saturated heterocycles. The van der Waals surface area contributed by atoms with Gasteiger partial charge in [0.05, 0.1) is 0 Å². The van der Waals surface area contributed by atoms with E-state index >= 15 is 0 Å². The Balaban J connectivity index is 1.48. The zero-order valence-corrected chi connectivity index (χ0v) is 17.4. The molecule has 0 aromatic carbocycles. The molecule has 0 aromatic heterocycles. The summed E-state index contributed by atoms with van der Waals surface area (Å²) in [6.45, 7) is 11.9. The van der Waals surface area contributed by atoms with E-state index in [1.165, 1.54) is 0 Å². The average molecular weight is 437 g/mol. The second-order valence-corrected chi connectivity index (χ2v) is 11.9. The molecule has 5 saturated carbocycles. The van der Waals surface area contributed by atoms with Crippen LogP contribution in [0.25, 0.3) is 0 Å². The zero-order chi connectivity index (χ0) is 16.5. The predicted octanol–water partition coefficient (Wildman–Crippen LogP) is 4.62. The molecule has 0 spiro atoms. The van der Waals surface area contributed by atoms with Gasteiger partial charge in [0.2, 0.25) is 0 Å². The summed E-state index contributed by atoms with van der Waals surface area (Å²) in [5, 5.41) is 4.01.